The lowest BCUT2D eigenvalue weighted by molar-refractivity contribution is -0.147. The number of nitrogens with zero attached hydrogens (tertiary/aromatic N) is 2. The normalized spacial score (nSPS) is 28.7. The van der Waals surface area contributed by atoms with Gasteiger partial charge in [-0.1, -0.05) is 12.8 Å². The van der Waals surface area contributed by atoms with Crippen LogP contribution in [0.1, 0.15) is 39.5 Å². The smallest absolute Gasteiger partial charge is 0.234 e. The van der Waals surface area contributed by atoms with Crippen molar-refractivity contribution in [2.45, 2.75) is 45.6 Å². The molecule has 2 saturated heterocycles. The zero-order valence-electron chi connectivity index (χ0n) is 16.0. The standard InChI is InChI=1S/C18H32N4O2.2ClH/c1-14(2)20-16(23)12-21-7-9-22(10-8-21)17(24)18-6-4-3-5-15(18)11-19-13-18;;/h14-15,19H,3-13H2,1-2H3,(H,20,23);2*1H/t15-,18+;;/m0../s1. The highest BCUT2D eigenvalue weighted by Crippen LogP contribution is 2.45. The summed E-state index contributed by atoms with van der Waals surface area (Å²) >= 11 is 0. The monoisotopic (exact) mass is 408 g/mol. The Morgan fingerprint density at radius 2 is 1.85 bits per heavy atom. The maximum absolute atomic E-state index is 13.2. The summed E-state index contributed by atoms with van der Waals surface area (Å²) in [5, 5.41) is 6.40. The quantitative estimate of drug-likeness (QED) is 0.734. The summed E-state index contributed by atoms with van der Waals surface area (Å²) in [5.74, 6) is 0.966. The molecule has 2 aliphatic heterocycles. The Bertz CT molecular complexity index is 484. The largest absolute Gasteiger partial charge is 0.353 e. The van der Waals surface area contributed by atoms with Crippen LogP contribution >= 0.6 is 24.8 Å². The summed E-state index contributed by atoms with van der Waals surface area (Å²) in [5.41, 5.74) is -0.143. The second-order valence-corrected chi connectivity index (χ2v) is 8.02. The van der Waals surface area contributed by atoms with Gasteiger partial charge in [0.15, 0.2) is 0 Å². The molecule has 0 radical (unpaired) electrons. The molecule has 1 saturated carbocycles. The van der Waals surface area contributed by atoms with Crippen molar-refractivity contribution in [3.8, 4) is 0 Å². The Balaban J connectivity index is 0.00000169. The van der Waals surface area contributed by atoms with E-state index in [1.54, 1.807) is 0 Å². The van der Waals surface area contributed by atoms with Crippen molar-refractivity contribution in [1.29, 1.82) is 0 Å². The van der Waals surface area contributed by atoms with Crippen molar-refractivity contribution in [2.24, 2.45) is 11.3 Å². The Labute approximate surface area is 169 Å². The SMILES string of the molecule is CC(C)NC(=O)CN1CCN(C(=O)[C@@]23CCCC[C@H]2CNC3)CC1.Cl.Cl. The van der Waals surface area contributed by atoms with Crippen LogP contribution in [0.25, 0.3) is 0 Å². The Hall–Kier alpha value is -0.560. The Morgan fingerprint density at radius 3 is 2.50 bits per heavy atom. The molecule has 0 aromatic rings. The number of nitrogens with one attached hydrogen (secondary N) is 2. The minimum atomic E-state index is -0.143. The third kappa shape index (κ3) is 5.03. The van der Waals surface area contributed by atoms with Gasteiger partial charge in [-0.25, -0.2) is 0 Å². The van der Waals surface area contributed by atoms with Crippen LogP contribution in [0.3, 0.4) is 0 Å². The van der Waals surface area contributed by atoms with Gasteiger partial charge in [-0.15, -0.1) is 24.8 Å². The number of halogens is 2. The lowest BCUT2D eigenvalue weighted by Crippen LogP contribution is -2.56. The van der Waals surface area contributed by atoms with Gasteiger partial charge in [-0.2, -0.15) is 0 Å². The highest BCUT2D eigenvalue weighted by molar-refractivity contribution is 5.86. The van der Waals surface area contributed by atoms with E-state index in [0.717, 1.165) is 45.7 Å². The molecule has 2 atom stereocenters. The molecule has 2 heterocycles. The molecule has 6 nitrogen and oxygen atoms in total. The summed E-state index contributed by atoms with van der Waals surface area (Å²) < 4.78 is 0. The third-order valence-corrected chi connectivity index (χ3v) is 5.94. The van der Waals surface area contributed by atoms with Crippen LogP contribution in [0, 0.1) is 11.3 Å². The number of fused-ring (bicyclic) bond motifs is 1. The molecule has 3 fully saturated rings. The van der Waals surface area contributed by atoms with Gasteiger partial charge in [0.05, 0.1) is 12.0 Å². The topological polar surface area (TPSA) is 64.7 Å². The van der Waals surface area contributed by atoms with E-state index in [1.807, 2.05) is 13.8 Å². The maximum atomic E-state index is 13.2. The van der Waals surface area contributed by atoms with Crippen LogP contribution < -0.4 is 10.6 Å². The van der Waals surface area contributed by atoms with Gasteiger partial charge in [0, 0.05) is 38.8 Å². The van der Waals surface area contributed by atoms with Crippen LogP contribution in [-0.2, 0) is 9.59 Å². The van der Waals surface area contributed by atoms with E-state index in [1.165, 1.54) is 19.3 Å². The zero-order chi connectivity index (χ0) is 17.2. The van der Waals surface area contributed by atoms with Crippen molar-refractivity contribution < 1.29 is 9.59 Å². The first-order valence-corrected chi connectivity index (χ1v) is 9.53. The molecule has 1 aliphatic carbocycles. The summed E-state index contributed by atoms with van der Waals surface area (Å²) in [6.45, 7) is 9.35. The van der Waals surface area contributed by atoms with Gasteiger partial charge in [0.2, 0.25) is 11.8 Å². The molecule has 152 valence electrons. The number of hydrogen-bond acceptors (Lipinski definition) is 4. The molecule has 3 rings (SSSR count). The number of carbonyl (C=O) groups is 2. The van der Waals surface area contributed by atoms with E-state index in [2.05, 4.69) is 20.4 Å². The van der Waals surface area contributed by atoms with E-state index < -0.39 is 0 Å². The van der Waals surface area contributed by atoms with Crippen molar-refractivity contribution in [1.82, 2.24) is 20.4 Å². The minimum Gasteiger partial charge on any atom is -0.353 e. The van der Waals surface area contributed by atoms with Gasteiger partial charge in [-0.3, -0.25) is 14.5 Å². The predicted octanol–water partition coefficient (Wildman–Crippen LogP) is 1.28. The molecule has 0 aromatic heterocycles. The molecule has 2 amide bonds. The summed E-state index contributed by atoms with van der Waals surface area (Å²) in [7, 11) is 0. The number of carbonyl (C=O) groups excluding carboxylic acids is 2. The Morgan fingerprint density at radius 1 is 1.15 bits per heavy atom. The van der Waals surface area contributed by atoms with Crippen molar-refractivity contribution >= 4 is 36.6 Å². The average Bonchev–Trinajstić information content (AvgIpc) is 2.99. The van der Waals surface area contributed by atoms with Gasteiger partial charge in [-0.05, 0) is 39.2 Å². The van der Waals surface area contributed by atoms with Crippen LogP contribution in [0.15, 0.2) is 0 Å². The lowest BCUT2D eigenvalue weighted by atomic mass is 9.67. The summed E-state index contributed by atoms with van der Waals surface area (Å²) in [6, 6.07) is 0.178. The fourth-order valence-electron chi connectivity index (χ4n) is 4.66. The van der Waals surface area contributed by atoms with Gasteiger partial charge < -0.3 is 15.5 Å². The van der Waals surface area contributed by atoms with Crippen LogP contribution in [0.5, 0.6) is 0 Å². The first-order valence-electron chi connectivity index (χ1n) is 9.53. The molecule has 3 aliphatic rings. The Kier molecular flexibility index (Phi) is 9.13. The average molecular weight is 409 g/mol. The minimum absolute atomic E-state index is 0. The van der Waals surface area contributed by atoms with E-state index in [9.17, 15) is 9.59 Å². The second kappa shape index (κ2) is 10.1. The molecule has 0 aromatic carbocycles. The first-order chi connectivity index (χ1) is 11.5. The molecule has 0 bridgehead atoms. The fourth-order valence-corrected chi connectivity index (χ4v) is 4.66. The number of amides is 2. The summed E-state index contributed by atoms with van der Waals surface area (Å²) in [6.07, 6.45) is 4.67. The molecule has 0 unspecified atom stereocenters. The van der Waals surface area contributed by atoms with Crippen LogP contribution in [0.2, 0.25) is 0 Å². The van der Waals surface area contributed by atoms with E-state index in [-0.39, 0.29) is 42.2 Å². The molecular weight excluding hydrogens is 375 g/mol. The third-order valence-electron chi connectivity index (χ3n) is 5.94. The van der Waals surface area contributed by atoms with Gasteiger partial charge in [0.1, 0.15) is 0 Å². The number of rotatable bonds is 4. The molecule has 0 spiro atoms. The fraction of sp³-hybridized carbons (Fsp3) is 0.889. The second-order valence-electron chi connectivity index (χ2n) is 8.02. The van der Waals surface area contributed by atoms with Crippen molar-refractivity contribution in [3.05, 3.63) is 0 Å². The van der Waals surface area contributed by atoms with Crippen molar-refractivity contribution in [2.75, 3.05) is 45.8 Å². The van der Waals surface area contributed by atoms with Crippen LogP contribution in [-0.4, -0.2) is 73.5 Å². The van der Waals surface area contributed by atoms with E-state index in [0.29, 0.717) is 18.4 Å². The highest BCUT2D eigenvalue weighted by atomic mass is 35.5. The van der Waals surface area contributed by atoms with Gasteiger partial charge in [0.25, 0.3) is 0 Å². The predicted molar refractivity (Wildman–Crippen MR) is 108 cm³/mol. The van der Waals surface area contributed by atoms with E-state index in [4.69, 9.17) is 0 Å². The lowest BCUT2D eigenvalue weighted by Gasteiger charge is -2.43. The molecule has 26 heavy (non-hydrogen) atoms. The maximum Gasteiger partial charge on any atom is 0.234 e. The zero-order valence-corrected chi connectivity index (χ0v) is 17.6. The van der Waals surface area contributed by atoms with Crippen LogP contribution in [0.4, 0.5) is 0 Å². The van der Waals surface area contributed by atoms with E-state index >= 15 is 0 Å². The van der Waals surface area contributed by atoms with Gasteiger partial charge >= 0.3 is 0 Å². The molecule has 2 N–H and O–H groups in total. The van der Waals surface area contributed by atoms with Crippen molar-refractivity contribution in [3.63, 3.8) is 0 Å². The highest BCUT2D eigenvalue weighted by Gasteiger charge is 2.51. The summed E-state index contributed by atoms with van der Waals surface area (Å²) in [4.78, 5) is 29.3. The number of hydrogen-bond donors (Lipinski definition) is 2. The first kappa shape index (κ1) is 23.5. The molecule has 8 heteroatoms. The number of piperazine rings is 1. The molecular formula is C18H34Cl2N4O2.